The third-order valence-electron chi connectivity index (χ3n) is 7.01. The summed E-state index contributed by atoms with van der Waals surface area (Å²) in [5, 5.41) is 0.981. The molecule has 0 radical (unpaired) electrons. The Hall–Kier alpha value is -3.62. The predicted molar refractivity (Wildman–Crippen MR) is 148 cm³/mol. The average Bonchev–Trinajstić information content (AvgIpc) is 3.24. The van der Waals surface area contributed by atoms with Crippen LogP contribution >= 0.6 is 0 Å². The fourth-order valence-electron chi connectivity index (χ4n) is 4.81. The number of rotatable bonds is 5. The highest BCUT2D eigenvalue weighted by Gasteiger charge is 2.22. The molecule has 2 aliphatic rings. The number of carbonyl (C=O) groups excluding carboxylic acids is 1. The molecule has 3 aromatic rings. The summed E-state index contributed by atoms with van der Waals surface area (Å²) in [5.41, 5.74) is 6.12. The van der Waals surface area contributed by atoms with Gasteiger partial charge in [-0.1, -0.05) is 13.0 Å². The van der Waals surface area contributed by atoms with Crippen LogP contribution in [-0.2, 0) is 11.3 Å². The lowest BCUT2D eigenvalue weighted by atomic mass is 10.1. The van der Waals surface area contributed by atoms with Crippen LogP contribution in [0.1, 0.15) is 40.7 Å². The van der Waals surface area contributed by atoms with Gasteiger partial charge in [0.25, 0.3) is 5.91 Å². The third-order valence-corrected chi connectivity index (χ3v) is 7.01. The molecular formula is C29H34N6O2. The number of pyridine rings is 1. The molecule has 0 spiro atoms. The van der Waals surface area contributed by atoms with E-state index in [2.05, 4.69) is 34.9 Å². The SMILES string of the molecule is COCc1ccnc(C2=NC(=Nc3cc(C)c4[nH]c(C(=O)N5CCN(C)CC5)cc4c3)C(C)CC=C2)c1. The number of amides is 1. The minimum absolute atomic E-state index is 0.0532. The Morgan fingerprint density at radius 1 is 1.19 bits per heavy atom. The molecule has 1 N–H and O–H groups in total. The quantitative estimate of drug-likeness (QED) is 0.560. The summed E-state index contributed by atoms with van der Waals surface area (Å²) in [4.78, 5) is 35.1. The number of methoxy groups -OCH3 is 1. The second-order valence-corrected chi connectivity index (χ2v) is 9.99. The molecule has 0 aliphatic carbocycles. The summed E-state index contributed by atoms with van der Waals surface area (Å²) in [6, 6.07) is 9.99. The first-order valence-electron chi connectivity index (χ1n) is 12.8. The molecule has 192 valence electrons. The second-order valence-electron chi connectivity index (χ2n) is 9.99. The van der Waals surface area contributed by atoms with Crippen molar-refractivity contribution in [2.45, 2.75) is 26.9 Å². The van der Waals surface area contributed by atoms with Gasteiger partial charge >= 0.3 is 0 Å². The highest BCUT2D eigenvalue weighted by Crippen LogP contribution is 2.28. The van der Waals surface area contributed by atoms with E-state index in [1.54, 1.807) is 13.3 Å². The van der Waals surface area contributed by atoms with E-state index < -0.39 is 0 Å². The number of ether oxygens (including phenoxy) is 1. The summed E-state index contributed by atoms with van der Waals surface area (Å²) in [6.07, 6.45) is 6.79. The fourth-order valence-corrected chi connectivity index (χ4v) is 4.81. The van der Waals surface area contributed by atoms with Crippen molar-refractivity contribution in [2.75, 3.05) is 40.3 Å². The van der Waals surface area contributed by atoms with Gasteiger partial charge in [-0.15, -0.1) is 0 Å². The standard InChI is InChI=1S/C29H34N6O2/c1-19-6-5-7-24(25-15-21(18-37-4)8-9-30-25)33-28(19)31-23-14-20(2)27-22(16-23)17-26(32-27)29(36)35-12-10-34(3)11-13-35/h5,7-9,14-17,19,32H,6,10-13,18H2,1-4H3. The van der Waals surface area contributed by atoms with Crippen molar-refractivity contribution in [1.82, 2.24) is 19.8 Å². The monoisotopic (exact) mass is 498 g/mol. The summed E-state index contributed by atoms with van der Waals surface area (Å²) in [6.45, 7) is 8.00. The van der Waals surface area contributed by atoms with E-state index in [1.807, 2.05) is 48.2 Å². The van der Waals surface area contributed by atoms with Gasteiger partial charge < -0.3 is 19.5 Å². The van der Waals surface area contributed by atoms with Crippen LogP contribution in [0.2, 0.25) is 0 Å². The molecule has 0 saturated carbocycles. The predicted octanol–water partition coefficient (Wildman–Crippen LogP) is 4.52. The van der Waals surface area contributed by atoms with Crippen molar-refractivity contribution in [2.24, 2.45) is 15.9 Å². The van der Waals surface area contributed by atoms with Crippen LogP contribution in [0.4, 0.5) is 5.69 Å². The van der Waals surface area contributed by atoms with Crippen molar-refractivity contribution < 1.29 is 9.53 Å². The number of carbonyl (C=O) groups is 1. The number of amidine groups is 1. The van der Waals surface area contributed by atoms with Gasteiger partial charge in [0.2, 0.25) is 0 Å². The molecular weight excluding hydrogens is 464 g/mol. The van der Waals surface area contributed by atoms with Gasteiger partial charge in [-0.05, 0) is 67.9 Å². The maximum absolute atomic E-state index is 13.1. The van der Waals surface area contributed by atoms with Crippen LogP contribution in [0, 0.1) is 12.8 Å². The number of aromatic nitrogens is 2. The molecule has 4 heterocycles. The number of benzene rings is 1. The zero-order valence-corrected chi connectivity index (χ0v) is 22.0. The van der Waals surface area contributed by atoms with Gasteiger partial charge in [-0.3, -0.25) is 9.78 Å². The number of fused-ring (bicyclic) bond motifs is 1. The van der Waals surface area contributed by atoms with Crippen LogP contribution in [0.3, 0.4) is 0 Å². The van der Waals surface area contributed by atoms with Gasteiger partial charge in [-0.2, -0.15) is 0 Å². The first-order valence-corrected chi connectivity index (χ1v) is 12.8. The van der Waals surface area contributed by atoms with E-state index in [9.17, 15) is 4.79 Å². The van der Waals surface area contributed by atoms with E-state index in [0.29, 0.717) is 12.3 Å². The van der Waals surface area contributed by atoms with Crippen molar-refractivity contribution >= 4 is 34.0 Å². The smallest absolute Gasteiger partial charge is 0.270 e. The van der Waals surface area contributed by atoms with Crippen molar-refractivity contribution in [3.8, 4) is 0 Å². The van der Waals surface area contributed by atoms with Crippen LogP contribution in [0.25, 0.3) is 10.9 Å². The van der Waals surface area contributed by atoms with Gasteiger partial charge in [0, 0.05) is 56.3 Å². The normalized spacial score (nSPS) is 19.9. The number of H-pyrrole nitrogens is 1. The number of likely N-dealkylation sites (N-methyl/N-ethyl adjacent to an activating group) is 1. The number of aromatic amines is 1. The van der Waals surface area contributed by atoms with E-state index in [1.165, 1.54) is 0 Å². The van der Waals surface area contributed by atoms with E-state index in [-0.39, 0.29) is 11.8 Å². The molecule has 5 rings (SSSR count). The van der Waals surface area contributed by atoms with Gasteiger partial charge in [-0.25, -0.2) is 9.98 Å². The highest BCUT2D eigenvalue weighted by molar-refractivity contribution is 6.14. The summed E-state index contributed by atoms with van der Waals surface area (Å²) in [7, 11) is 3.77. The largest absolute Gasteiger partial charge is 0.380 e. The van der Waals surface area contributed by atoms with E-state index >= 15 is 0 Å². The Labute approximate surface area is 217 Å². The van der Waals surface area contributed by atoms with E-state index in [4.69, 9.17) is 14.7 Å². The van der Waals surface area contributed by atoms with Crippen LogP contribution in [0.15, 0.2) is 58.7 Å². The minimum Gasteiger partial charge on any atom is -0.380 e. The zero-order chi connectivity index (χ0) is 25.9. The Morgan fingerprint density at radius 3 is 2.78 bits per heavy atom. The number of piperazine rings is 1. The maximum atomic E-state index is 13.1. The third kappa shape index (κ3) is 5.55. The minimum atomic E-state index is 0.0532. The molecule has 1 fully saturated rings. The molecule has 2 aromatic heterocycles. The summed E-state index contributed by atoms with van der Waals surface area (Å²) < 4.78 is 5.28. The fraction of sp³-hybridized carbons (Fsp3) is 0.379. The Morgan fingerprint density at radius 2 is 2.00 bits per heavy atom. The van der Waals surface area contributed by atoms with Crippen molar-refractivity contribution in [3.05, 3.63) is 71.2 Å². The van der Waals surface area contributed by atoms with Gasteiger partial charge in [0.05, 0.1) is 23.7 Å². The van der Waals surface area contributed by atoms with Gasteiger partial charge in [0.1, 0.15) is 11.5 Å². The molecule has 1 unspecified atom stereocenters. The summed E-state index contributed by atoms with van der Waals surface area (Å²) in [5.74, 6) is 0.979. The molecule has 1 aromatic carbocycles. The lowest BCUT2D eigenvalue weighted by Gasteiger charge is -2.32. The first kappa shape index (κ1) is 25.0. The number of allylic oxidation sites excluding steroid dienone is 2. The van der Waals surface area contributed by atoms with Crippen LogP contribution in [0.5, 0.6) is 0 Å². The molecule has 0 bridgehead atoms. The molecule has 1 atom stereocenters. The Kier molecular flexibility index (Phi) is 7.30. The van der Waals surface area contributed by atoms with Crippen molar-refractivity contribution in [1.29, 1.82) is 0 Å². The molecule has 1 amide bonds. The first-order chi connectivity index (χ1) is 17.9. The summed E-state index contributed by atoms with van der Waals surface area (Å²) >= 11 is 0. The molecule has 2 aliphatic heterocycles. The number of aliphatic imine (C=N–C) groups is 2. The Bertz CT molecular complexity index is 1390. The van der Waals surface area contributed by atoms with Gasteiger partial charge in [0.15, 0.2) is 0 Å². The lowest BCUT2D eigenvalue weighted by molar-refractivity contribution is 0.0659. The number of nitrogens with zero attached hydrogens (tertiary/aromatic N) is 5. The molecule has 37 heavy (non-hydrogen) atoms. The topological polar surface area (TPSA) is 86.2 Å². The number of aryl methyl sites for hydroxylation is 1. The number of nitrogens with one attached hydrogen (secondary N) is 1. The molecule has 8 nitrogen and oxygen atoms in total. The molecule has 1 saturated heterocycles. The Balaban J connectivity index is 1.46. The van der Waals surface area contributed by atoms with Crippen LogP contribution in [-0.4, -0.2) is 77.6 Å². The molecule has 8 heteroatoms. The number of hydrogen-bond acceptors (Lipinski definition) is 5. The second kappa shape index (κ2) is 10.8. The zero-order valence-electron chi connectivity index (χ0n) is 22.0. The maximum Gasteiger partial charge on any atom is 0.270 e. The van der Waals surface area contributed by atoms with Crippen LogP contribution < -0.4 is 0 Å². The van der Waals surface area contributed by atoms with Crippen molar-refractivity contribution in [3.63, 3.8) is 0 Å². The number of hydrogen-bond donors (Lipinski definition) is 1. The average molecular weight is 499 g/mol. The lowest BCUT2D eigenvalue weighted by Crippen LogP contribution is -2.47. The van der Waals surface area contributed by atoms with E-state index in [0.717, 1.165) is 77.6 Å². The highest BCUT2D eigenvalue weighted by atomic mass is 16.5.